The van der Waals surface area contributed by atoms with E-state index in [1.54, 1.807) is 4.90 Å². The molecule has 6 rings (SSSR count). The van der Waals surface area contributed by atoms with Gasteiger partial charge < -0.3 is 30.2 Å². The third kappa shape index (κ3) is 5.21. The van der Waals surface area contributed by atoms with Gasteiger partial charge >= 0.3 is 12.1 Å². The van der Waals surface area contributed by atoms with Crippen molar-refractivity contribution in [3.8, 4) is 0 Å². The lowest BCUT2D eigenvalue weighted by molar-refractivity contribution is -0.137. The van der Waals surface area contributed by atoms with Crippen LogP contribution in [-0.4, -0.2) is 99.6 Å². The number of urea groups is 2. The van der Waals surface area contributed by atoms with Crippen LogP contribution in [0.2, 0.25) is 0 Å². The molecule has 0 radical (unpaired) electrons. The van der Waals surface area contributed by atoms with E-state index in [0.29, 0.717) is 58.5 Å². The minimum Gasteiger partial charge on any atom is -0.335 e. The first-order chi connectivity index (χ1) is 19.7. The molecule has 11 heteroatoms. The molecule has 4 heterocycles. The molecular weight excluding hydrogens is 520 g/mol. The van der Waals surface area contributed by atoms with E-state index in [1.807, 2.05) is 73.4 Å². The van der Waals surface area contributed by atoms with Gasteiger partial charge in [0.15, 0.2) is 0 Å². The van der Waals surface area contributed by atoms with Crippen molar-refractivity contribution in [2.45, 2.75) is 50.9 Å². The summed E-state index contributed by atoms with van der Waals surface area (Å²) in [6, 6.07) is 11.6. The number of nitrogens with zero attached hydrogens (tertiary/aromatic N) is 5. The maximum absolute atomic E-state index is 14.0. The van der Waals surface area contributed by atoms with Crippen LogP contribution in [0, 0.1) is 0 Å². The van der Waals surface area contributed by atoms with Crippen molar-refractivity contribution in [3.63, 3.8) is 0 Å². The van der Waals surface area contributed by atoms with Crippen LogP contribution in [0.5, 0.6) is 0 Å². The summed E-state index contributed by atoms with van der Waals surface area (Å²) in [4.78, 5) is 48.0. The van der Waals surface area contributed by atoms with Crippen LogP contribution >= 0.6 is 0 Å². The zero-order valence-electron chi connectivity index (χ0n) is 23.9. The van der Waals surface area contributed by atoms with Gasteiger partial charge in [0.2, 0.25) is 5.91 Å². The van der Waals surface area contributed by atoms with Crippen molar-refractivity contribution < 1.29 is 14.4 Å². The normalized spacial score (nSPS) is 21.5. The Morgan fingerprint density at radius 1 is 1.10 bits per heavy atom. The lowest BCUT2D eigenvalue weighted by Gasteiger charge is -2.41. The van der Waals surface area contributed by atoms with Gasteiger partial charge in [-0.15, -0.1) is 0 Å². The summed E-state index contributed by atoms with van der Waals surface area (Å²) < 4.78 is 0. The maximum Gasteiger partial charge on any atom is 0.322 e. The summed E-state index contributed by atoms with van der Waals surface area (Å²) in [5.41, 5.74) is 3.91. The van der Waals surface area contributed by atoms with Crippen LogP contribution in [0.15, 0.2) is 42.6 Å². The monoisotopic (exact) mass is 558 g/mol. The van der Waals surface area contributed by atoms with Crippen molar-refractivity contribution in [1.82, 2.24) is 35.1 Å². The van der Waals surface area contributed by atoms with E-state index < -0.39 is 5.54 Å². The molecule has 1 atom stereocenters. The Morgan fingerprint density at radius 2 is 1.88 bits per heavy atom. The molecule has 0 unspecified atom stereocenters. The lowest BCUT2D eigenvalue weighted by Crippen LogP contribution is -2.62. The fourth-order valence-corrected chi connectivity index (χ4v) is 6.35. The van der Waals surface area contributed by atoms with Gasteiger partial charge in [0.1, 0.15) is 5.54 Å². The fourth-order valence-electron chi connectivity index (χ4n) is 6.35. The predicted molar refractivity (Wildman–Crippen MR) is 156 cm³/mol. The number of hydrogen-bond donors (Lipinski definition) is 3. The molecule has 3 aromatic rings. The highest BCUT2D eigenvalue weighted by Gasteiger charge is 2.43. The SMILES string of the molecule is CN(C)CCN1Cc2c(ccc3[nH]ncc23)C[C@@](C)(NC(=O)N2CCC(N3Cc4ccccc4NC3=O)CC2)C1=O. The van der Waals surface area contributed by atoms with Gasteiger partial charge in [0.25, 0.3) is 0 Å². The number of fused-ring (bicyclic) bond motifs is 4. The molecule has 1 saturated heterocycles. The van der Waals surface area contributed by atoms with Crippen molar-refractivity contribution >= 4 is 34.6 Å². The number of anilines is 1. The maximum atomic E-state index is 14.0. The topological polar surface area (TPSA) is 117 Å². The summed E-state index contributed by atoms with van der Waals surface area (Å²) in [7, 11) is 3.97. The number of nitrogens with one attached hydrogen (secondary N) is 3. The summed E-state index contributed by atoms with van der Waals surface area (Å²) >= 11 is 0. The number of benzene rings is 2. The highest BCUT2D eigenvalue weighted by atomic mass is 16.2. The number of likely N-dealkylation sites (tertiary alicyclic amines) is 1. The Labute approximate surface area is 239 Å². The van der Waals surface area contributed by atoms with Gasteiger partial charge in [-0.25, -0.2) is 9.59 Å². The Kier molecular flexibility index (Phi) is 7.06. The van der Waals surface area contributed by atoms with Gasteiger partial charge in [-0.1, -0.05) is 24.3 Å². The molecular formula is C30H38N8O3. The highest BCUT2D eigenvalue weighted by Crippen LogP contribution is 2.32. The van der Waals surface area contributed by atoms with E-state index in [4.69, 9.17) is 0 Å². The van der Waals surface area contributed by atoms with Crippen LogP contribution in [0.3, 0.4) is 0 Å². The quantitative estimate of drug-likeness (QED) is 0.445. The van der Waals surface area contributed by atoms with Crippen LogP contribution in [0.1, 0.15) is 36.5 Å². The molecule has 0 bridgehead atoms. The smallest absolute Gasteiger partial charge is 0.322 e. The van der Waals surface area contributed by atoms with Crippen molar-refractivity contribution in [2.75, 3.05) is 45.6 Å². The summed E-state index contributed by atoms with van der Waals surface area (Å²) in [6.45, 7) is 5.18. The molecule has 2 aromatic carbocycles. The van der Waals surface area contributed by atoms with E-state index in [0.717, 1.165) is 33.3 Å². The Bertz CT molecular complexity index is 1480. The number of aromatic nitrogens is 2. The van der Waals surface area contributed by atoms with Crippen LogP contribution in [-0.2, 0) is 24.3 Å². The average molecular weight is 559 g/mol. The zero-order chi connectivity index (χ0) is 28.7. The molecule has 3 aliphatic rings. The molecule has 1 fully saturated rings. The van der Waals surface area contributed by atoms with E-state index in [-0.39, 0.29) is 24.0 Å². The number of rotatable bonds is 5. The summed E-state index contributed by atoms with van der Waals surface area (Å²) in [6.07, 6.45) is 3.58. The highest BCUT2D eigenvalue weighted by molar-refractivity contribution is 5.94. The molecule has 11 nitrogen and oxygen atoms in total. The van der Waals surface area contributed by atoms with Gasteiger partial charge in [-0.3, -0.25) is 9.89 Å². The van der Waals surface area contributed by atoms with Gasteiger partial charge in [-0.05, 0) is 62.7 Å². The predicted octanol–water partition coefficient (Wildman–Crippen LogP) is 2.99. The molecule has 5 amide bonds. The Hall–Kier alpha value is -4.12. The van der Waals surface area contributed by atoms with Crippen molar-refractivity contribution in [3.05, 3.63) is 59.3 Å². The molecule has 0 spiro atoms. The van der Waals surface area contributed by atoms with Crippen molar-refractivity contribution in [1.29, 1.82) is 0 Å². The van der Waals surface area contributed by atoms with Crippen molar-refractivity contribution in [2.24, 2.45) is 0 Å². The van der Waals surface area contributed by atoms with Crippen LogP contribution < -0.4 is 10.6 Å². The standard InChI is InChI=1S/C30H38N8O3/c1-30(16-20-8-9-26-23(17-31-34-26)24(20)19-37(27(30)39)15-14-35(2)3)33-29(41)36-12-10-22(11-13-36)38-18-21-6-4-5-7-25(21)32-28(38)40/h4-9,17,22H,10-16,18-19H2,1-3H3,(H,31,34)(H,32,40)(H,33,41)/t30-/m1/s1. The first-order valence-electron chi connectivity index (χ1n) is 14.3. The number of likely N-dealkylation sites (N-methyl/N-ethyl adjacent to an activating group) is 1. The minimum atomic E-state index is -1.10. The van der Waals surface area contributed by atoms with Gasteiger partial charge in [-0.2, -0.15) is 5.10 Å². The number of hydrogen-bond acceptors (Lipinski definition) is 5. The Balaban J connectivity index is 1.16. The molecule has 0 saturated carbocycles. The Morgan fingerprint density at radius 3 is 2.66 bits per heavy atom. The zero-order valence-corrected chi connectivity index (χ0v) is 23.9. The van der Waals surface area contributed by atoms with Gasteiger partial charge in [0.05, 0.1) is 11.7 Å². The molecule has 1 aromatic heterocycles. The van der Waals surface area contributed by atoms with Crippen LogP contribution in [0.4, 0.5) is 15.3 Å². The van der Waals surface area contributed by atoms with E-state index in [1.165, 1.54) is 0 Å². The number of H-pyrrole nitrogens is 1. The summed E-state index contributed by atoms with van der Waals surface area (Å²) in [5, 5.41) is 14.4. The molecule has 0 aliphatic carbocycles. The largest absolute Gasteiger partial charge is 0.335 e. The molecule has 3 N–H and O–H groups in total. The number of amides is 5. The van der Waals surface area contributed by atoms with E-state index >= 15 is 0 Å². The average Bonchev–Trinajstić information content (AvgIpc) is 3.41. The number of aromatic amines is 1. The third-order valence-electron chi connectivity index (χ3n) is 8.74. The second kappa shape index (κ2) is 10.7. The lowest BCUT2D eigenvalue weighted by atomic mass is 9.90. The molecule has 3 aliphatic heterocycles. The van der Waals surface area contributed by atoms with E-state index in [2.05, 4.69) is 25.7 Å². The first kappa shape index (κ1) is 27.1. The number of carbonyl (C=O) groups is 3. The van der Waals surface area contributed by atoms with Gasteiger partial charge in [0, 0.05) is 62.8 Å². The molecule has 41 heavy (non-hydrogen) atoms. The second-order valence-electron chi connectivity index (χ2n) is 11.9. The summed E-state index contributed by atoms with van der Waals surface area (Å²) in [5.74, 6) is -0.0842. The number of para-hydroxylation sites is 1. The van der Waals surface area contributed by atoms with Crippen LogP contribution in [0.25, 0.3) is 10.9 Å². The number of piperidine rings is 1. The minimum absolute atomic E-state index is 0.0493. The fraction of sp³-hybridized carbons (Fsp3) is 0.467. The molecule has 216 valence electrons. The first-order valence-corrected chi connectivity index (χ1v) is 14.3. The third-order valence-corrected chi connectivity index (χ3v) is 8.74. The number of carbonyl (C=O) groups excluding carboxylic acids is 3. The second-order valence-corrected chi connectivity index (χ2v) is 11.9. The van der Waals surface area contributed by atoms with E-state index in [9.17, 15) is 14.4 Å².